The van der Waals surface area contributed by atoms with Gasteiger partial charge in [0, 0.05) is 23.8 Å². The molecule has 3 aromatic rings. The Morgan fingerprint density at radius 2 is 1.95 bits per heavy atom. The lowest BCUT2D eigenvalue weighted by Crippen LogP contribution is -2.02. The highest BCUT2D eigenvalue weighted by Crippen LogP contribution is 2.33. The van der Waals surface area contributed by atoms with E-state index in [1.54, 1.807) is 42.7 Å². The van der Waals surface area contributed by atoms with E-state index in [1.807, 2.05) is 0 Å². The zero-order valence-corrected chi connectivity index (χ0v) is 12.2. The molecule has 0 aliphatic carbocycles. The normalized spacial score (nSPS) is 10.5. The van der Waals surface area contributed by atoms with Crippen LogP contribution in [0.5, 0.6) is 11.5 Å². The summed E-state index contributed by atoms with van der Waals surface area (Å²) in [6.07, 6.45) is 4.55. The van der Waals surface area contributed by atoms with Gasteiger partial charge in [-0.05, 0) is 22.0 Å². The smallest absolute Gasteiger partial charge is 0.340 e. The van der Waals surface area contributed by atoms with E-state index in [-0.39, 0.29) is 11.3 Å². The van der Waals surface area contributed by atoms with Crippen molar-refractivity contribution in [3.63, 3.8) is 0 Å². The van der Waals surface area contributed by atoms with Gasteiger partial charge in [0.05, 0.1) is 16.2 Å². The van der Waals surface area contributed by atoms with E-state index in [4.69, 9.17) is 4.74 Å². The van der Waals surface area contributed by atoms with E-state index in [2.05, 4.69) is 25.9 Å². The van der Waals surface area contributed by atoms with Crippen molar-refractivity contribution in [3.05, 3.63) is 59.0 Å². The van der Waals surface area contributed by atoms with Crippen molar-refractivity contribution in [3.8, 4) is 11.5 Å². The van der Waals surface area contributed by atoms with Crippen molar-refractivity contribution in [2.75, 3.05) is 0 Å². The third-order valence-electron chi connectivity index (χ3n) is 2.91. The number of hydrogen-bond donors (Lipinski definition) is 1. The van der Waals surface area contributed by atoms with Crippen LogP contribution in [0.25, 0.3) is 10.9 Å². The van der Waals surface area contributed by atoms with Crippen LogP contribution >= 0.6 is 15.9 Å². The summed E-state index contributed by atoms with van der Waals surface area (Å²) in [5.41, 5.74) is 0.695. The molecule has 0 spiro atoms. The number of carboxylic acids is 1. The molecule has 0 amide bonds. The highest BCUT2D eigenvalue weighted by Gasteiger charge is 2.17. The molecule has 0 unspecified atom stereocenters. The molecule has 0 saturated heterocycles. The fraction of sp³-hybridized carbons (Fsp3) is 0. The molecule has 0 fully saturated rings. The summed E-state index contributed by atoms with van der Waals surface area (Å²) in [4.78, 5) is 19.7. The highest BCUT2D eigenvalue weighted by molar-refractivity contribution is 9.10. The van der Waals surface area contributed by atoms with Crippen LogP contribution in [0.3, 0.4) is 0 Å². The van der Waals surface area contributed by atoms with Crippen molar-refractivity contribution >= 4 is 32.8 Å². The van der Waals surface area contributed by atoms with Crippen LogP contribution in [0.4, 0.5) is 0 Å². The first-order valence-corrected chi connectivity index (χ1v) is 6.84. The molecule has 3 rings (SSSR count). The Morgan fingerprint density at radius 3 is 2.71 bits per heavy atom. The predicted molar refractivity (Wildman–Crippen MR) is 80.7 cm³/mol. The largest absolute Gasteiger partial charge is 0.478 e. The number of hydrogen-bond acceptors (Lipinski definition) is 4. The van der Waals surface area contributed by atoms with Gasteiger partial charge in [-0.25, -0.2) is 4.79 Å². The van der Waals surface area contributed by atoms with Gasteiger partial charge in [0.15, 0.2) is 5.75 Å². The number of carboxylic acid groups (broad SMARTS) is 1. The van der Waals surface area contributed by atoms with Crippen LogP contribution < -0.4 is 4.74 Å². The minimum atomic E-state index is -1.06. The summed E-state index contributed by atoms with van der Waals surface area (Å²) in [7, 11) is 0. The van der Waals surface area contributed by atoms with Crippen molar-refractivity contribution < 1.29 is 14.6 Å². The topological polar surface area (TPSA) is 72.3 Å². The van der Waals surface area contributed by atoms with E-state index < -0.39 is 5.97 Å². The second kappa shape index (κ2) is 5.49. The van der Waals surface area contributed by atoms with Gasteiger partial charge in [-0.3, -0.25) is 9.97 Å². The van der Waals surface area contributed by atoms with Crippen molar-refractivity contribution in [2.24, 2.45) is 0 Å². The van der Waals surface area contributed by atoms with Crippen LogP contribution in [-0.4, -0.2) is 21.0 Å². The van der Waals surface area contributed by atoms with Crippen LogP contribution in [0.2, 0.25) is 0 Å². The number of ether oxygens (including phenoxy) is 1. The summed E-state index contributed by atoms with van der Waals surface area (Å²) in [5, 5.41) is 10.0. The van der Waals surface area contributed by atoms with Crippen LogP contribution in [-0.2, 0) is 0 Å². The van der Waals surface area contributed by atoms with Crippen LogP contribution in [0, 0.1) is 0 Å². The quantitative estimate of drug-likeness (QED) is 0.780. The van der Waals surface area contributed by atoms with E-state index in [0.717, 1.165) is 0 Å². The number of fused-ring (bicyclic) bond motifs is 1. The third kappa shape index (κ3) is 2.57. The van der Waals surface area contributed by atoms with E-state index in [1.165, 1.54) is 6.20 Å². The fourth-order valence-electron chi connectivity index (χ4n) is 1.98. The molecule has 1 aromatic carbocycles. The lowest BCUT2D eigenvalue weighted by Gasteiger charge is -2.11. The number of halogens is 1. The maximum absolute atomic E-state index is 11.6. The minimum Gasteiger partial charge on any atom is -0.478 e. The van der Waals surface area contributed by atoms with Crippen LogP contribution in [0.15, 0.2) is 53.4 Å². The number of aromatic carboxylic acids is 1. The number of nitrogens with zero attached hydrogens (tertiary/aromatic N) is 2. The summed E-state index contributed by atoms with van der Waals surface area (Å²) in [5.74, 6) is -0.397. The third-order valence-corrected chi connectivity index (χ3v) is 3.51. The van der Waals surface area contributed by atoms with Gasteiger partial charge >= 0.3 is 5.97 Å². The SMILES string of the molecule is O=C(O)c1c(Oc2ccncc2Br)cnc2ccccc12. The Hall–Kier alpha value is -2.47. The zero-order chi connectivity index (χ0) is 14.8. The summed E-state index contributed by atoms with van der Waals surface area (Å²) < 4.78 is 6.31. The Labute approximate surface area is 128 Å². The first kappa shape index (κ1) is 13.5. The average Bonchev–Trinajstić information content (AvgIpc) is 2.49. The van der Waals surface area contributed by atoms with E-state index in [9.17, 15) is 9.90 Å². The number of rotatable bonds is 3. The molecule has 21 heavy (non-hydrogen) atoms. The maximum atomic E-state index is 11.6. The van der Waals surface area contributed by atoms with E-state index in [0.29, 0.717) is 21.1 Å². The first-order chi connectivity index (χ1) is 10.2. The molecule has 104 valence electrons. The minimum absolute atomic E-state index is 0.0873. The fourth-order valence-corrected chi connectivity index (χ4v) is 2.32. The zero-order valence-electron chi connectivity index (χ0n) is 10.7. The average molecular weight is 345 g/mol. The molecular weight excluding hydrogens is 336 g/mol. The highest BCUT2D eigenvalue weighted by atomic mass is 79.9. The molecular formula is C15H9BrN2O3. The Morgan fingerprint density at radius 1 is 1.14 bits per heavy atom. The summed E-state index contributed by atoms with van der Waals surface area (Å²) >= 11 is 3.31. The Balaban J connectivity index is 2.17. The standard InChI is InChI=1S/C15H9BrN2O3/c16-10-7-17-6-5-12(10)21-13-8-18-11-4-2-1-3-9(11)14(13)15(19)20/h1-8H,(H,19,20). The van der Waals surface area contributed by atoms with Crippen LogP contribution in [0.1, 0.15) is 10.4 Å². The lowest BCUT2D eigenvalue weighted by atomic mass is 10.1. The van der Waals surface area contributed by atoms with Gasteiger partial charge < -0.3 is 9.84 Å². The van der Waals surface area contributed by atoms with Crippen molar-refractivity contribution in [2.45, 2.75) is 0 Å². The molecule has 5 nitrogen and oxygen atoms in total. The number of benzene rings is 1. The molecule has 0 bridgehead atoms. The van der Waals surface area contributed by atoms with Crippen molar-refractivity contribution in [1.29, 1.82) is 0 Å². The molecule has 2 aromatic heterocycles. The number of para-hydroxylation sites is 1. The van der Waals surface area contributed by atoms with Gasteiger partial charge in [0.25, 0.3) is 0 Å². The molecule has 2 heterocycles. The number of pyridine rings is 2. The predicted octanol–water partition coefficient (Wildman–Crippen LogP) is 3.88. The molecule has 0 saturated carbocycles. The van der Waals surface area contributed by atoms with Crippen molar-refractivity contribution in [1.82, 2.24) is 9.97 Å². The molecule has 1 N–H and O–H groups in total. The number of carbonyl (C=O) groups is 1. The maximum Gasteiger partial charge on any atom is 0.340 e. The Kier molecular flexibility index (Phi) is 3.53. The number of aromatic nitrogens is 2. The molecule has 0 radical (unpaired) electrons. The lowest BCUT2D eigenvalue weighted by molar-refractivity contribution is 0.0696. The van der Waals surface area contributed by atoms with Gasteiger partial charge in [-0.15, -0.1) is 0 Å². The second-order valence-electron chi connectivity index (χ2n) is 4.23. The molecule has 0 aliphatic heterocycles. The first-order valence-electron chi connectivity index (χ1n) is 6.05. The van der Waals surface area contributed by atoms with E-state index >= 15 is 0 Å². The molecule has 0 atom stereocenters. The molecule has 0 aliphatic rings. The summed E-state index contributed by atoms with van der Waals surface area (Å²) in [6.45, 7) is 0. The van der Waals surface area contributed by atoms with Gasteiger partial charge in [-0.2, -0.15) is 0 Å². The monoisotopic (exact) mass is 344 g/mol. The van der Waals surface area contributed by atoms with Gasteiger partial charge in [0.2, 0.25) is 0 Å². The summed E-state index contributed by atoms with van der Waals surface area (Å²) in [6, 6.07) is 8.68. The second-order valence-corrected chi connectivity index (χ2v) is 5.08. The Bertz CT molecular complexity index is 836. The van der Waals surface area contributed by atoms with Gasteiger partial charge in [0.1, 0.15) is 11.3 Å². The van der Waals surface area contributed by atoms with Gasteiger partial charge in [-0.1, -0.05) is 18.2 Å². The molecule has 6 heteroatoms.